The lowest BCUT2D eigenvalue weighted by Crippen LogP contribution is -2.61. The average Bonchev–Trinajstić information content (AvgIpc) is 3.15. The number of nitrogens with zero attached hydrogens (tertiary/aromatic N) is 1. The molecule has 18 heavy (non-hydrogen) atoms. The molecule has 0 heterocycles. The highest BCUT2D eigenvalue weighted by Gasteiger charge is 2.40. The lowest BCUT2D eigenvalue weighted by molar-refractivity contribution is 0.212. The van der Waals surface area contributed by atoms with Crippen molar-refractivity contribution in [3.63, 3.8) is 0 Å². The highest BCUT2D eigenvalue weighted by atomic mass is 16.4. The number of rotatable bonds is 3. The van der Waals surface area contributed by atoms with E-state index < -0.39 is 5.54 Å². The number of nitrogens with two attached hydrogens (primary N) is 1. The second-order valence-corrected chi connectivity index (χ2v) is 5.62. The van der Waals surface area contributed by atoms with Crippen LogP contribution in [0.1, 0.15) is 45.4 Å². The Bertz CT molecular complexity index is 344. The molecule has 0 atom stereocenters. The minimum absolute atomic E-state index is 0.111. The van der Waals surface area contributed by atoms with E-state index in [4.69, 9.17) is 10.9 Å². The lowest BCUT2D eigenvalue weighted by atomic mass is 9.76. The van der Waals surface area contributed by atoms with Crippen LogP contribution in [0.3, 0.4) is 0 Å². The molecule has 0 bridgehead atoms. The van der Waals surface area contributed by atoms with Gasteiger partial charge in [-0.1, -0.05) is 12.1 Å². The molecule has 2 saturated carbocycles. The molecule has 2 fully saturated rings. The third-order valence-corrected chi connectivity index (χ3v) is 3.99. The first kappa shape index (κ1) is 13.0. The molecule has 0 radical (unpaired) electrons. The van der Waals surface area contributed by atoms with Crippen LogP contribution < -0.4 is 16.4 Å². The van der Waals surface area contributed by atoms with Crippen molar-refractivity contribution >= 4 is 11.9 Å². The predicted octanol–water partition coefficient (Wildman–Crippen LogP) is 1.14. The zero-order valence-electron chi connectivity index (χ0n) is 10.8. The third kappa shape index (κ3) is 2.86. The van der Waals surface area contributed by atoms with Crippen LogP contribution in [-0.4, -0.2) is 28.7 Å². The summed E-state index contributed by atoms with van der Waals surface area (Å²) in [5.41, 5.74) is 5.10. The van der Waals surface area contributed by atoms with E-state index >= 15 is 0 Å². The van der Waals surface area contributed by atoms with Gasteiger partial charge in [-0.05, 0) is 44.4 Å². The van der Waals surface area contributed by atoms with Crippen molar-refractivity contribution in [3.8, 4) is 0 Å². The van der Waals surface area contributed by atoms with Gasteiger partial charge < -0.3 is 21.6 Å². The van der Waals surface area contributed by atoms with Gasteiger partial charge in [0.25, 0.3) is 0 Å². The summed E-state index contributed by atoms with van der Waals surface area (Å²) < 4.78 is 0. The molecule has 2 aliphatic rings. The first-order valence-corrected chi connectivity index (χ1v) is 6.62. The van der Waals surface area contributed by atoms with Crippen LogP contribution in [0.4, 0.5) is 4.79 Å². The fourth-order valence-electron chi connectivity index (χ4n) is 2.46. The topological polar surface area (TPSA) is 99.7 Å². The number of carbonyl (C=O) groups is 1. The molecule has 0 aliphatic heterocycles. The van der Waals surface area contributed by atoms with Crippen molar-refractivity contribution in [3.05, 3.63) is 0 Å². The van der Waals surface area contributed by atoms with Crippen LogP contribution in [0.15, 0.2) is 5.16 Å². The molecule has 0 saturated heterocycles. The summed E-state index contributed by atoms with van der Waals surface area (Å²) >= 11 is 0. The molecular weight excluding hydrogens is 232 g/mol. The van der Waals surface area contributed by atoms with E-state index in [1.54, 1.807) is 0 Å². The van der Waals surface area contributed by atoms with Gasteiger partial charge in [0.1, 0.15) is 5.54 Å². The van der Waals surface area contributed by atoms with E-state index in [0.717, 1.165) is 38.5 Å². The summed E-state index contributed by atoms with van der Waals surface area (Å²) in [7, 11) is 0. The van der Waals surface area contributed by atoms with Crippen molar-refractivity contribution in [2.24, 2.45) is 16.8 Å². The number of amides is 2. The summed E-state index contributed by atoms with van der Waals surface area (Å²) in [6.45, 7) is 2.18. The fourth-order valence-corrected chi connectivity index (χ4v) is 2.46. The summed E-state index contributed by atoms with van der Waals surface area (Å²) in [6.07, 6.45) is 5.48. The maximum absolute atomic E-state index is 11.9. The van der Waals surface area contributed by atoms with Crippen molar-refractivity contribution in [2.45, 2.75) is 57.0 Å². The normalized spacial score (nSPS) is 32.9. The van der Waals surface area contributed by atoms with Crippen LogP contribution >= 0.6 is 0 Å². The highest BCUT2D eigenvalue weighted by Crippen LogP contribution is 2.32. The van der Waals surface area contributed by atoms with Crippen LogP contribution in [0.2, 0.25) is 0 Å². The number of oxime groups is 1. The van der Waals surface area contributed by atoms with Gasteiger partial charge in [0, 0.05) is 6.04 Å². The number of carbonyl (C=O) groups excluding carboxylic acids is 1. The Labute approximate surface area is 107 Å². The standard InChI is InChI=1S/C12H22N4O2/c1-8-4-6-12(7-5-8,10(13)16-18)15-11(17)14-9-2-3-9/h8-9,18H,2-7H2,1H3,(H2,13,16)(H2,14,15,17). The molecule has 5 N–H and O–H groups in total. The smallest absolute Gasteiger partial charge is 0.315 e. The molecule has 2 aliphatic carbocycles. The van der Waals surface area contributed by atoms with Crippen molar-refractivity contribution in [1.29, 1.82) is 0 Å². The van der Waals surface area contributed by atoms with Crippen LogP contribution in [0.5, 0.6) is 0 Å². The second kappa shape index (κ2) is 5.04. The summed E-state index contributed by atoms with van der Waals surface area (Å²) in [4.78, 5) is 11.9. The summed E-state index contributed by atoms with van der Waals surface area (Å²) in [6, 6.07) is 0.0931. The number of nitrogens with one attached hydrogen (secondary N) is 2. The summed E-state index contributed by atoms with van der Waals surface area (Å²) in [5.74, 6) is 0.734. The van der Waals surface area contributed by atoms with Crippen LogP contribution in [-0.2, 0) is 0 Å². The minimum atomic E-state index is -0.680. The fraction of sp³-hybridized carbons (Fsp3) is 0.833. The number of hydrogen-bond acceptors (Lipinski definition) is 3. The maximum Gasteiger partial charge on any atom is 0.315 e. The largest absolute Gasteiger partial charge is 0.409 e. The van der Waals surface area contributed by atoms with E-state index in [0.29, 0.717) is 12.0 Å². The number of amidine groups is 1. The zero-order valence-corrected chi connectivity index (χ0v) is 10.8. The molecule has 2 amide bonds. The molecular formula is C12H22N4O2. The molecule has 2 rings (SSSR count). The Morgan fingerprint density at radius 1 is 1.33 bits per heavy atom. The molecule has 0 aromatic carbocycles. The molecule has 6 nitrogen and oxygen atoms in total. The van der Waals surface area contributed by atoms with E-state index in [2.05, 4.69) is 22.7 Å². The van der Waals surface area contributed by atoms with Gasteiger partial charge in [0.05, 0.1) is 0 Å². The molecule has 102 valence electrons. The Kier molecular flexibility index (Phi) is 3.63. The van der Waals surface area contributed by atoms with Gasteiger partial charge >= 0.3 is 6.03 Å². The lowest BCUT2D eigenvalue weighted by Gasteiger charge is -2.38. The van der Waals surface area contributed by atoms with Crippen molar-refractivity contribution in [1.82, 2.24) is 10.6 Å². The van der Waals surface area contributed by atoms with E-state index in [1.165, 1.54) is 0 Å². The Hall–Kier alpha value is -1.46. The Balaban J connectivity index is 2.02. The Morgan fingerprint density at radius 3 is 2.44 bits per heavy atom. The van der Waals surface area contributed by atoms with Gasteiger partial charge in [-0.3, -0.25) is 0 Å². The second-order valence-electron chi connectivity index (χ2n) is 5.62. The summed E-state index contributed by atoms with van der Waals surface area (Å²) in [5, 5.41) is 17.8. The first-order chi connectivity index (χ1) is 8.55. The minimum Gasteiger partial charge on any atom is -0.409 e. The van der Waals surface area contributed by atoms with Gasteiger partial charge in [-0.2, -0.15) is 0 Å². The SMILES string of the molecule is CC1CCC(NC(=O)NC2CC2)(C(N)=NO)CC1. The van der Waals surface area contributed by atoms with E-state index in [-0.39, 0.29) is 11.9 Å². The van der Waals surface area contributed by atoms with E-state index in [9.17, 15) is 4.79 Å². The van der Waals surface area contributed by atoms with Crippen molar-refractivity contribution < 1.29 is 10.0 Å². The quantitative estimate of drug-likeness (QED) is 0.263. The Morgan fingerprint density at radius 2 is 1.94 bits per heavy atom. The van der Waals surface area contributed by atoms with E-state index in [1.807, 2.05) is 0 Å². The van der Waals surface area contributed by atoms with Crippen LogP contribution in [0.25, 0.3) is 0 Å². The molecule has 0 aromatic heterocycles. The number of hydrogen-bond donors (Lipinski definition) is 4. The van der Waals surface area contributed by atoms with Crippen LogP contribution in [0, 0.1) is 5.92 Å². The van der Waals surface area contributed by atoms with Gasteiger partial charge in [-0.25, -0.2) is 4.79 Å². The molecule has 6 heteroatoms. The molecule has 0 aromatic rings. The van der Waals surface area contributed by atoms with Gasteiger partial charge in [0.15, 0.2) is 5.84 Å². The molecule has 0 unspecified atom stereocenters. The monoisotopic (exact) mass is 254 g/mol. The number of urea groups is 1. The third-order valence-electron chi connectivity index (χ3n) is 3.99. The van der Waals surface area contributed by atoms with Gasteiger partial charge in [0.2, 0.25) is 0 Å². The average molecular weight is 254 g/mol. The molecule has 0 spiro atoms. The predicted molar refractivity (Wildman–Crippen MR) is 68.5 cm³/mol. The first-order valence-electron chi connectivity index (χ1n) is 6.62. The zero-order chi connectivity index (χ0) is 13.2. The van der Waals surface area contributed by atoms with Crippen molar-refractivity contribution in [2.75, 3.05) is 0 Å². The maximum atomic E-state index is 11.9. The highest BCUT2D eigenvalue weighted by molar-refractivity contribution is 5.93. The van der Waals surface area contributed by atoms with Gasteiger partial charge in [-0.15, -0.1) is 0 Å².